The Morgan fingerprint density at radius 3 is 1.95 bits per heavy atom. The molecule has 0 saturated carbocycles. The Kier molecular flexibility index (Phi) is 8.49. The van der Waals surface area contributed by atoms with Gasteiger partial charge in [-0.05, 0) is 33.1 Å². The molecular weight excluding hydrogens is 524 g/mol. The number of hydrogen-bond donors (Lipinski definition) is 5. The zero-order chi connectivity index (χ0) is 27.7. The van der Waals surface area contributed by atoms with Gasteiger partial charge in [0.15, 0.2) is 0 Å². The molecule has 5 atom stereocenters. The third kappa shape index (κ3) is 5.09. The van der Waals surface area contributed by atoms with Gasteiger partial charge in [-0.3, -0.25) is 0 Å². The van der Waals surface area contributed by atoms with Crippen molar-refractivity contribution in [3.05, 3.63) is 95.0 Å². The van der Waals surface area contributed by atoms with Crippen molar-refractivity contribution in [1.29, 1.82) is 0 Å². The molecule has 1 saturated heterocycles. The quantitative estimate of drug-likeness (QED) is 0.282. The van der Waals surface area contributed by atoms with Crippen LogP contribution >= 0.6 is 11.6 Å². The van der Waals surface area contributed by atoms with E-state index in [0.717, 1.165) is 10.4 Å². The van der Waals surface area contributed by atoms with Crippen LogP contribution in [0.4, 0.5) is 0 Å². The summed E-state index contributed by atoms with van der Waals surface area (Å²) in [5.41, 5.74) is 0.655. The molecule has 1 fully saturated rings. The lowest BCUT2D eigenvalue weighted by atomic mass is 9.87. The van der Waals surface area contributed by atoms with E-state index in [2.05, 4.69) is 45.0 Å². The first-order chi connectivity index (χ1) is 18.0. The summed E-state index contributed by atoms with van der Waals surface area (Å²) in [6.45, 7) is 5.92. The lowest BCUT2D eigenvalue weighted by Crippen LogP contribution is -2.66. The molecule has 4 rings (SSSR count). The van der Waals surface area contributed by atoms with Crippen LogP contribution in [-0.4, -0.2) is 64.9 Å². The zero-order valence-electron chi connectivity index (χ0n) is 21.7. The van der Waals surface area contributed by atoms with E-state index in [1.54, 1.807) is 12.1 Å². The van der Waals surface area contributed by atoms with Crippen molar-refractivity contribution in [2.45, 2.75) is 62.6 Å². The minimum Gasteiger partial charge on any atom is -0.403 e. The van der Waals surface area contributed by atoms with E-state index in [-0.39, 0.29) is 17.2 Å². The summed E-state index contributed by atoms with van der Waals surface area (Å²) in [5.74, 6) is -2.39. The smallest absolute Gasteiger partial charge is 0.261 e. The first-order valence-electron chi connectivity index (χ1n) is 12.5. The maximum atomic E-state index is 11.3. The molecule has 0 spiro atoms. The van der Waals surface area contributed by atoms with Gasteiger partial charge < -0.3 is 34.7 Å². The van der Waals surface area contributed by atoms with Crippen LogP contribution in [0.15, 0.2) is 78.9 Å². The Morgan fingerprint density at radius 2 is 1.45 bits per heavy atom. The molecule has 1 heterocycles. The Balaban J connectivity index is 1.76. The first kappa shape index (κ1) is 28.9. The molecule has 0 aromatic heterocycles. The summed E-state index contributed by atoms with van der Waals surface area (Å²) < 4.78 is 12.5. The van der Waals surface area contributed by atoms with Crippen LogP contribution in [0, 0.1) is 0 Å². The Hall–Kier alpha value is -2.11. The number of hydrogen-bond acceptors (Lipinski definition) is 7. The molecule has 0 radical (unpaired) electrons. The summed E-state index contributed by atoms with van der Waals surface area (Å²) in [6, 6.07) is 24.8. The lowest BCUT2D eigenvalue weighted by Gasteiger charge is -2.45. The van der Waals surface area contributed by atoms with Gasteiger partial charge in [0.25, 0.3) is 8.32 Å². The van der Waals surface area contributed by atoms with Crippen molar-refractivity contribution in [3.63, 3.8) is 0 Å². The fourth-order valence-electron chi connectivity index (χ4n) is 5.25. The average Bonchev–Trinajstić information content (AvgIpc) is 2.91. The van der Waals surface area contributed by atoms with Gasteiger partial charge in [-0.1, -0.05) is 99.1 Å². The van der Waals surface area contributed by atoms with Crippen molar-refractivity contribution >= 4 is 30.3 Å². The molecule has 0 bridgehead atoms. The Morgan fingerprint density at radius 1 is 0.895 bits per heavy atom. The molecule has 38 heavy (non-hydrogen) atoms. The number of aliphatic hydroxyl groups is 5. The zero-order valence-corrected chi connectivity index (χ0v) is 23.4. The molecule has 3 aromatic carbocycles. The van der Waals surface area contributed by atoms with Gasteiger partial charge >= 0.3 is 0 Å². The molecule has 9 heteroatoms. The predicted molar refractivity (Wildman–Crippen MR) is 148 cm³/mol. The van der Waals surface area contributed by atoms with Crippen molar-refractivity contribution in [3.8, 4) is 0 Å². The Bertz CT molecular complexity index is 1180. The summed E-state index contributed by atoms with van der Waals surface area (Å²) in [4.78, 5) is 0. The molecule has 0 amide bonds. The summed E-state index contributed by atoms with van der Waals surface area (Å²) >= 11 is 6.58. The van der Waals surface area contributed by atoms with Gasteiger partial charge in [-0.15, -0.1) is 0 Å². The molecule has 7 nitrogen and oxygen atoms in total. The van der Waals surface area contributed by atoms with Crippen molar-refractivity contribution in [1.82, 2.24) is 0 Å². The largest absolute Gasteiger partial charge is 0.403 e. The van der Waals surface area contributed by atoms with E-state index < -0.39 is 45.1 Å². The average molecular weight is 559 g/mol. The second-order valence-corrected chi connectivity index (χ2v) is 15.4. The highest BCUT2D eigenvalue weighted by Gasteiger charge is 2.54. The lowest BCUT2D eigenvalue weighted by molar-refractivity contribution is -0.357. The second-order valence-electron chi connectivity index (χ2n) is 10.7. The normalized spacial score (nSPS) is 26.3. The molecule has 5 N–H and O–H groups in total. The molecular formula is C29H35ClO7Si. The monoisotopic (exact) mass is 558 g/mol. The van der Waals surface area contributed by atoms with Gasteiger partial charge in [-0.25, -0.2) is 0 Å². The van der Waals surface area contributed by atoms with Crippen LogP contribution in [0.1, 0.15) is 31.9 Å². The van der Waals surface area contributed by atoms with E-state index in [1.807, 2.05) is 36.4 Å². The maximum absolute atomic E-state index is 11.3. The van der Waals surface area contributed by atoms with Crippen molar-refractivity contribution in [2.24, 2.45) is 0 Å². The summed E-state index contributed by atoms with van der Waals surface area (Å²) in [5, 5.41) is 54.3. The van der Waals surface area contributed by atoms with Gasteiger partial charge in [0.1, 0.15) is 24.4 Å². The van der Waals surface area contributed by atoms with E-state index in [0.29, 0.717) is 10.6 Å². The molecule has 1 unspecified atom stereocenters. The van der Waals surface area contributed by atoms with Gasteiger partial charge in [0.05, 0.1) is 13.2 Å². The standard InChI is InChI=1S/C29H35ClO7Si/c1-28(2,3)38(21-10-6-4-7-11-21,22-12-8-5-9-13-22)36-18-19-16-20(14-15-23(19)30)29(35)27(34)26(33)25(32)24(17-31)37-29/h4-16,24-27,31-35H,17-18H2,1-3H3/t24-,25-,26+,27-,29?/m1/s1. The molecule has 1 aliphatic heterocycles. The Labute approximate surface area is 229 Å². The molecule has 3 aromatic rings. The number of aliphatic hydroxyl groups excluding tert-OH is 4. The van der Waals surface area contributed by atoms with Crippen LogP contribution in [0.3, 0.4) is 0 Å². The van der Waals surface area contributed by atoms with Crippen LogP contribution < -0.4 is 10.4 Å². The first-order valence-corrected chi connectivity index (χ1v) is 14.8. The SMILES string of the molecule is CC(C)(C)[Si](OCc1cc(C2(O)O[C@H](CO)[C@@H](O)[C@H](O)[C@H]2O)ccc1Cl)(c1ccccc1)c1ccccc1. The molecule has 1 aliphatic rings. The maximum Gasteiger partial charge on any atom is 0.261 e. The third-order valence-corrected chi connectivity index (χ3v) is 12.6. The van der Waals surface area contributed by atoms with Gasteiger partial charge in [0, 0.05) is 10.6 Å². The predicted octanol–water partition coefficient (Wildman–Crippen LogP) is 2.04. The third-order valence-electron chi connectivity index (χ3n) is 7.29. The van der Waals surface area contributed by atoms with Crippen molar-refractivity contribution < 1.29 is 34.7 Å². The van der Waals surface area contributed by atoms with Gasteiger partial charge in [0.2, 0.25) is 5.79 Å². The number of benzene rings is 3. The second kappa shape index (κ2) is 11.2. The van der Waals surface area contributed by atoms with Crippen LogP contribution in [-0.2, 0) is 21.6 Å². The highest BCUT2D eigenvalue weighted by Crippen LogP contribution is 2.40. The molecule has 0 aliphatic carbocycles. The number of ether oxygens (including phenoxy) is 1. The number of halogens is 1. The van der Waals surface area contributed by atoms with E-state index >= 15 is 0 Å². The molecule has 204 valence electrons. The van der Waals surface area contributed by atoms with Crippen LogP contribution in [0.25, 0.3) is 0 Å². The fourth-order valence-corrected chi connectivity index (χ4v) is 9.95. The fraction of sp³-hybridized carbons (Fsp3) is 0.379. The van der Waals surface area contributed by atoms with E-state index in [4.69, 9.17) is 20.8 Å². The number of rotatable bonds is 7. The highest BCUT2D eigenvalue weighted by atomic mass is 35.5. The van der Waals surface area contributed by atoms with Crippen LogP contribution in [0.2, 0.25) is 10.1 Å². The van der Waals surface area contributed by atoms with Crippen molar-refractivity contribution in [2.75, 3.05) is 6.61 Å². The summed E-state index contributed by atoms with van der Waals surface area (Å²) in [7, 11) is -2.89. The minimum absolute atomic E-state index is 0.0980. The van der Waals surface area contributed by atoms with E-state index in [9.17, 15) is 25.5 Å². The minimum atomic E-state index is -2.89. The van der Waals surface area contributed by atoms with Crippen LogP contribution in [0.5, 0.6) is 0 Å². The highest BCUT2D eigenvalue weighted by molar-refractivity contribution is 6.99. The van der Waals surface area contributed by atoms with Gasteiger partial charge in [-0.2, -0.15) is 0 Å². The topological polar surface area (TPSA) is 120 Å². The summed E-state index contributed by atoms with van der Waals surface area (Å²) in [6.07, 6.45) is -6.48. The van der Waals surface area contributed by atoms with E-state index in [1.165, 1.54) is 6.07 Å².